The van der Waals surface area contributed by atoms with E-state index in [-0.39, 0.29) is 17.9 Å². The summed E-state index contributed by atoms with van der Waals surface area (Å²) in [5.41, 5.74) is -0.455. The standard InChI is InChI=1S/C19H34N2O4/c1-5-16(22)15-9-13-20(17(15)23)10-6-14-7-11-21(12-8-14)18(24)25-19(2,3)4/h14-16,22H,5-13H2,1-4H3. The van der Waals surface area contributed by atoms with E-state index >= 15 is 0 Å². The van der Waals surface area contributed by atoms with E-state index in [4.69, 9.17) is 4.74 Å². The Kier molecular flexibility index (Phi) is 6.72. The average molecular weight is 354 g/mol. The van der Waals surface area contributed by atoms with Crippen LogP contribution in [0.25, 0.3) is 0 Å². The summed E-state index contributed by atoms with van der Waals surface area (Å²) in [7, 11) is 0. The molecule has 6 heteroatoms. The molecule has 2 saturated heterocycles. The van der Waals surface area contributed by atoms with E-state index in [0.717, 1.165) is 51.9 Å². The van der Waals surface area contributed by atoms with Crippen molar-refractivity contribution in [3.8, 4) is 0 Å². The topological polar surface area (TPSA) is 70.1 Å². The van der Waals surface area contributed by atoms with Crippen molar-refractivity contribution in [3.63, 3.8) is 0 Å². The molecule has 0 aliphatic carbocycles. The van der Waals surface area contributed by atoms with Crippen molar-refractivity contribution in [2.24, 2.45) is 11.8 Å². The maximum absolute atomic E-state index is 12.3. The molecule has 2 amide bonds. The summed E-state index contributed by atoms with van der Waals surface area (Å²) >= 11 is 0. The van der Waals surface area contributed by atoms with Crippen LogP contribution >= 0.6 is 0 Å². The molecule has 2 fully saturated rings. The molecule has 0 aromatic heterocycles. The molecule has 2 unspecified atom stereocenters. The Morgan fingerprint density at radius 3 is 2.44 bits per heavy atom. The average Bonchev–Trinajstić information content (AvgIpc) is 2.92. The van der Waals surface area contributed by atoms with Crippen LogP contribution in [-0.2, 0) is 9.53 Å². The predicted molar refractivity (Wildman–Crippen MR) is 96.1 cm³/mol. The van der Waals surface area contributed by atoms with Gasteiger partial charge >= 0.3 is 6.09 Å². The van der Waals surface area contributed by atoms with Gasteiger partial charge in [0.05, 0.1) is 12.0 Å². The Morgan fingerprint density at radius 2 is 1.88 bits per heavy atom. The zero-order valence-electron chi connectivity index (χ0n) is 16.2. The Balaban J connectivity index is 1.71. The number of amides is 2. The van der Waals surface area contributed by atoms with E-state index in [0.29, 0.717) is 12.3 Å². The first kappa shape index (κ1) is 20.0. The number of likely N-dealkylation sites (tertiary alicyclic amines) is 2. The molecule has 2 aliphatic heterocycles. The molecule has 1 N–H and O–H groups in total. The van der Waals surface area contributed by atoms with E-state index < -0.39 is 11.7 Å². The number of aliphatic hydroxyl groups excluding tert-OH is 1. The Morgan fingerprint density at radius 1 is 1.24 bits per heavy atom. The van der Waals surface area contributed by atoms with Crippen molar-refractivity contribution in [1.82, 2.24) is 9.80 Å². The van der Waals surface area contributed by atoms with Gasteiger partial charge in [0.2, 0.25) is 5.91 Å². The van der Waals surface area contributed by atoms with Gasteiger partial charge in [-0.25, -0.2) is 4.79 Å². The summed E-state index contributed by atoms with van der Waals surface area (Å²) in [5, 5.41) is 9.93. The molecular formula is C19H34N2O4. The van der Waals surface area contributed by atoms with Crippen LogP contribution in [-0.4, -0.2) is 64.8 Å². The highest BCUT2D eigenvalue weighted by molar-refractivity contribution is 5.81. The van der Waals surface area contributed by atoms with Gasteiger partial charge in [0.15, 0.2) is 0 Å². The minimum atomic E-state index is -0.505. The molecule has 2 heterocycles. The Hall–Kier alpha value is -1.30. The number of carbonyl (C=O) groups excluding carboxylic acids is 2. The summed E-state index contributed by atoms with van der Waals surface area (Å²) in [5.74, 6) is 0.446. The number of hydrogen-bond donors (Lipinski definition) is 1. The van der Waals surface area contributed by atoms with Gasteiger partial charge in [-0.05, 0) is 58.8 Å². The van der Waals surface area contributed by atoms with Crippen molar-refractivity contribution >= 4 is 12.0 Å². The maximum Gasteiger partial charge on any atom is 0.410 e. The summed E-state index contributed by atoms with van der Waals surface area (Å²) < 4.78 is 5.42. The summed E-state index contributed by atoms with van der Waals surface area (Å²) in [4.78, 5) is 28.1. The Bertz CT molecular complexity index is 467. The molecular weight excluding hydrogens is 320 g/mol. The van der Waals surface area contributed by atoms with Gasteiger partial charge in [0, 0.05) is 26.2 Å². The van der Waals surface area contributed by atoms with E-state index in [9.17, 15) is 14.7 Å². The van der Waals surface area contributed by atoms with E-state index in [2.05, 4.69) is 0 Å². The molecule has 0 aromatic rings. The van der Waals surface area contributed by atoms with Gasteiger partial charge in [-0.15, -0.1) is 0 Å². The highest BCUT2D eigenvalue weighted by Gasteiger charge is 2.36. The van der Waals surface area contributed by atoms with E-state index in [1.54, 1.807) is 4.90 Å². The number of rotatable bonds is 5. The van der Waals surface area contributed by atoms with Crippen molar-refractivity contribution in [3.05, 3.63) is 0 Å². The minimum Gasteiger partial charge on any atom is -0.444 e. The zero-order chi connectivity index (χ0) is 18.6. The fourth-order valence-electron chi connectivity index (χ4n) is 3.70. The second-order valence-corrected chi connectivity index (χ2v) is 8.40. The molecule has 6 nitrogen and oxygen atoms in total. The third-order valence-corrected chi connectivity index (χ3v) is 5.30. The van der Waals surface area contributed by atoms with Crippen LogP contribution in [0.15, 0.2) is 0 Å². The van der Waals surface area contributed by atoms with Crippen LogP contribution in [0.3, 0.4) is 0 Å². The molecule has 2 aliphatic rings. The lowest BCUT2D eigenvalue weighted by atomic mass is 9.93. The molecule has 144 valence electrons. The zero-order valence-corrected chi connectivity index (χ0v) is 16.2. The van der Waals surface area contributed by atoms with Gasteiger partial charge in [0.25, 0.3) is 0 Å². The van der Waals surface area contributed by atoms with Crippen LogP contribution in [0.2, 0.25) is 0 Å². The third kappa shape index (κ3) is 5.59. The predicted octanol–water partition coefficient (Wildman–Crippen LogP) is 2.64. The smallest absolute Gasteiger partial charge is 0.410 e. The van der Waals surface area contributed by atoms with Gasteiger partial charge in [0.1, 0.15) is 5.60 Å². The number of piperidine rings is 1. The molecule has 2 atom stereocenters. The number of hydrogen-bond acceptors (Lipinski definition) is 4. The maximum atomic E-state index is 12.3. The summed E-state index contributed by atoms with van der Waals surface area (Å²) in [6.07, 6.45) is 3.57. The number of nitrogens with zero attached hydrogens (tertiary/aromatic N) is 2. The molecule has 25 heavy (non-hydrogen) atoms. The van der Waals surface area contributed by atoms with Gasteiger partial charge < -0.3 is 19.6 Å². The molecule has 0 bridgehead atoms. The summed E-state index contributed by atoms with van der Waals surface area (Å²) in [6, 6.07) is 0. The minimum absolute atomic E-state index is 0.112. The molecule has 0 aromatic carbocycles. The van der Waals surface area contributed by atoms with Crippen LogP contribution in [0.4, 0.5) is 4.79 Å². The highest BCUT2D eigenvalue weighted by Crippen LogP contribution is 2.26. The first-order valence-electron chi connectivity index (χ1n) is 9.66. The van der Waals surface area contributed by atoms with Gasteiger partial charge in [-0.1, -0.05) is 6.92 Å². The fourth-order valence-corrected chi connectivity index (χ4v) is 3.70. The fraction of sp³-hybridized carbons (Fsp3) is 0.895. The number of aliphatic hydroxyl groups is 1. The number of ether oxygens (including phenoxy) is 1. The molecule has 0 spiro atoms. The van der Waals surface area contributed by atoms with Gasteiger partial charge in [-0.2, -0.15) is 0 Å². The van der Waals surface area contributed by atoms with E-state index in [1.165, 1.54) is 0 Å². The normalized spacial score (nSPS) is 23.9. The molecule has 0 radical (unpaired) electrons. The lowest BCUT2D eigenvalue weighted by molar-refractivity contribution is -0.134. The second kappa shape index (κ2) is 8.39. The van der Waals surface area contributed by atoms with Crippen molar-refractivity contribution in [2.75, 3.05) is 26.2 Å². The summed E-state index contributed by atoms with van der Waals surface area (Å²) in [6.45, 7) is 10.5. The second-order valence-electron chi connectivity index (χ2n) is 8.40. The monoisotopic (exact) mass is 354 g/mol. The van der Waals surface area contributed by atoms with Gasteiger partial charge in [-0.3, -0.25) is 4.79 Å². The quantitative estimate of drug-likeness (QED) is 0.824. The molecule has 2 rings (SSSR count). The third-order valence-electron chi connectivity index (χ3n) is 5.30. The van der Waals surface area contributed by atoms with Crippen LogP contribution < -0.4 is 0 Å². The lowest BCUT2D eigenvalue weighted by Gasteiger charge is -2.34. The lowest BCUT2D eigenvalue weighted by Crippen LogP contribution is -2.42. The van der Waals surface area contributed by atoms with Crippen molar-refractivity contribution in [2.45, 2.75) is 71.5 Å². The van der Waals surface area contributed by atoms with Crippen molar-refractivity contribution in [1.29, 1.82) is 0 Å². The largest absolute Gasteiger partial charge is 0.444 e. The van der Waals surface area contributed by atoms with E-state index in [1.807, 2.05) is 32.6 Å². The van der Waals surface area contributed by atoms with Crippen LogP contribution in [0, 0.1) is 11.8 Å². The Labute approximate surface area is 151 Å². The first-order chi connectivity index (χ1) is 11.7. The SMILES string of the molecule is CCC(O)C1CCN(CCC2CCN(C(=O)OC(C)(C)C)CC2)C1=O. The molecule has 0 saturated carbocycles. The number of carbonyl (C=O) groups is 2. The highest BCUT2D eigenvalue weighted by atomic mass is 16.6. The van der Waals surface area contributed by atoms with Crippen LogP contribution in [0.5, 0.6) is 0 Å². The first-order valence-corrected chi connectivity index (χ1v) is 9.66. The van der Waals surface area contributed by atoms with Crippen LogP contribution in [0.1, 0.15) is 59.8 Å². The van der Waals surface area contributed by atoms with Crippen molar-refractivity contribution < 1.29 is 19.4 Å².